The van der Waals surface area contributed by atoms with Gasteiger partial charge in [0.1, 0.15) is 17.6 Å². The number of ether oxygens (including phenoxy) is 2. The molecule has 160 valence electrons. The average Bonchev–Trinajstić information content (AvgIpc) is 2.75. The summed E-state index contributed by atoms with van der Waals surface area (Å²) in [5.41, 5.74) is 1.05. The van der Waals surface area contributed by atoms with Crippen LogP contribution in [0, 0.1) is 5.82 Å². The molecule has 1 heterocycles. The van der Waals surface area contributed by atoms with Gasteiger partial charge in [0.15, 0.2) is 0 Å². The van der Waals surface area contributed by atoms with Crippen LogP contribution >= 0.6 is 0 Å². The van der Waals surface area contributed by atoms with Gasteiger partial charge in [-0.2, -0.15) is 0 Å². The largest absolute Gasteiger partial charge is 0.495 e. The first kappa shape index (κ1) is 21.7. The summed E-state index contributed by atoms with van der Waals surface area (Å²) in [6, 6.07) is 10.2. The number of carbonyl (C=O) groups excluding carboxylic acids is 2. The first-order valence-corrected chi connectivity index (χ1v) is 9.69. The molecule has 2 amide bonds. The Balaban J connectivity index is 1.95. The summed E-state index contributed by atoms with van der Waals surface area (Å²) in [6.07, 6.45) is 0. The summed E-state index contributed by atoms with van der Waals surface area (Å²) >= 11 is 0. The Hall–Kier alpha value is -2.97. The zero-order valence-electron chi connectivity index (χ0n) is 17.4. The van der Waals surface area contributed by atoms with Crippen LogP contribution in [0.2, 0.25) is 0 Å². The molecular formula is C22H26FN3O4. The zero-order valence-corrected chi connectivity index (χ0v) is 17.4. The van der Waals surface area contributed by atoms with E-state index < -0.39 is 17.8 Å². The molecule has 0 saturated carbocycles. The first-order chi connectivity index (χ1) is 14.4. The molecule has 1 aliphatic heterocycles. The molecule has 1 N–H and O–H groups in total. The van der Waals surface area contributed by atoms with Gasteiger partial charge in [-0.15, -0.1) is 0 Å². The molecule has 0 spiro atoms. The Kier molecular flexibility index (Phi) is 7.02. The number of hydrogen-bond donors (Lipinski definition) is 1. The van der Waals surface area contributed by atoms with Crippen LogP contribution in [0.3, 0.4) is 0 Å². The maximum Gasteiger partial charge on any atom is 0.253 e. The molecule has 2 aromatic carbocycles. The van der Waals surface area contributed by atoms with E-state index in [1.165, 1.54) is 18.1 Å². The molecule has 1 fully saturated rings. The number of morpholine rings is 1. The summed E-state index contributed by atoms with van der Waals surface area (Å²) in [7, 11) is 4.78. The van der Waals surface area contributed by atoms with Crippen molar-refractivity contribution in [3.8, 4) is 5.75 Å². The Morgan fingerprint density at radius 1 is 1.17 bits per heavy atom. The summed E-state index contributed by atoms with van der Waals surface area (Å²) in [5, 5.41) is 2.83. The zero-order chi connectivity index (χ0) is 21.7. The number of methoxy groups -OCH3 is 1. The molecule has 0 aromatic heterocycles. The Morgan fingerprint density at radius 3 is 2.50 bits per heavy atom. The van der Waals surface area contributed by atoms with E-state index in [1.807, 2.05) is 4.90 Å². The van der Waals surface area contributed by atoms with Crippen molar-refractivity contribution in [3.63, 3.8) is 0 Å². The lowest BCUT2D eigenvalue weighted by Crippen LogP contribution is -2.44. The summed E-state index contributed by atoms with van der Waals surface area (Å²) < 4.78 is 25.3. The molecule has 2 aromatic rings. The van der Waals surface area contributed by atoms with Crippen molar-refractivity contribution >= 4 is 17.5 Å². The smallest absolute Gasteiger partial charge is 0.253 e. The van der Waals surface area contributed by atoms with E-state index >= 15 is 0 Å². The van der Waals surface area contributed by atoms with E-state index in [1.54, 1.807) is 50.5 Å². The van der Waals surface area contributed by atoms with E-state index in [0.29, 0.717) is 43.3 Å². The monoisotopic (exact) mass is 415 g/mol. The quantitative estimate of drug-likeness (QED) is 0.785. The number of halogens is 1. The maximum absolute atomic E-state index is 14.6. The number of carbonyl (C=O) groups is 2. The van der Waals surface area contributed by atoms with Crippen LogP contribution in [-0.4, -0.2) is 69.1 Å². The van der Waals surface area contributed by atoms with Crippen molar-refractivity contribution < 1.29 is 23.5 Å². The summed E-state index contributed by atoms with van der Waals surface area (Å²) in [6.45, 7) is 1.94. The number of rotatable bonds is 6. The molecule has 30 heavy (non-hydrogen) atoms. The van der Waals surface area contributed by atoms with Gasteiger partial charge in [-0.25, -0.2) is 4.39 Å². The van der Waals surface area contributed by atoms with Crippen molar-refractivity contribution in [2.24, 2.45) is 0 Å². The molecule has 0 unspecified atom stereocenters. The fraction of sp³-hybridized carbons (Fsp3) is 0.364. The molecule has 1 saturated heterocycles. The van der Waals surface area contributed by atoms with Crippen LogP contribution in [-0.2, 0) is 9.53 Å². The number of nitrogens with one attached hydrogen (secondary N) is 1. The van der Waals surface area contributed by atoms with Crippen LogP contribution in [0.1, 0.15) is 22.0 Å². The third-order valence-corrected chi connectivity index (χ3v) is 4.97. The summed E-state index contributed by atoms with van der Waals surface area (Å²) in [5.74, 6) is -0.651. The second-order valence-electron chi connectivity index (χ2n) is 7.18. The molecule has 8 heteroatoms. The highest BCUT2D eigenvalue weighted by atomic mass is 19.1. The Bertz CT molecular complexity index is 913. The van der Waals surface area contributed by atoms with Crippen LogP contribution < -0.4 is 10.1 Å². The lowest BCUT2D eigenvalue weighted by Gasteiger charge is -2.34. The number of amides is 2. The van der Waals surface area contributed by atoms with Crippen molar-refractivity contribution in [2.75, 3.05) is 52.8 Å². The van der Waals surface area contributed by atoms with Crippen molar-refractivity contribution in [3.05, 3.63) is 59.4 Å². The standard InChI is InChI=1S/C22H26FN3O4/c1-25(2)22(28)15-8-9-19(29-3)18(14-15)24-21(27)20(26-10-12-30-13-11-26)16-6-4-5-7-17(16)23/h4-9,14,20H,10-13H2,1-3H3,(H,24,27)/t20-/m0/s1. The SMILES string of the molecule is COc1ccc(C(=O)N(C)C)cc1NC(=O)[C@H](c1ccccc1F)N1CCOCC1. The molecule has 0 bridgehead atoms. The van der Waals surface area contributed by atoms with Crippen molar-refractivity contribution in [1.29, 1.82) is 0 Å². The predicted octanol–water partition coefficient (Wildman–Crippen LogP) is 2.55. The van der Waals surface area contributed by atoms with Gasteiger partial charge in [-0.05, 0) is 24.3 Å². The third kappa shape index (κ3) is 4.77. The fourth-order valence-corrected chi connectivity index (χ4v) is 3.43. The second-order valence-corrected chi connectivity index (χ2v) is 7.18. The summed E-state index contributed by atoms with van der Waals surface area (Å²) in [4.78, 5) is 29.0. The minimum atomic E-state index is -0.840. The normalized spacial score (nSPS) is 15.3. The minimum Gasteiger partial charge on any atom is -0.495 e. The van der Waals surface area contributed by atoms with Gasteiger partial charge < -0.3 is 19.7 Å². The number of nitrogens with zero attached hydrogens (tertiary/aromatic N) is 2. The molecule has 0 radical (unpaired) electrons. The highest BCUT2D eigenvalue weighted by Crippen LogP contribution is 2.30. The van der Waals surface area contributed by atoms with Gasteiger partial charge in [0.2, 0.25) is 5.91 Å². The average molecular weight is 415 g/mol. The van der Waals surface area contributed by atoms with Crippen molar-refractivity contribution in [1.82, 2.24) is 9.80 Å². The molecule has 7 nitrogen and oxygen atoms in total. The van der Waals surface area contributed by atoms with Gasteiger partial charge in [-0.3, -0.25) is 14.5 Å². The molecule has 3 rings (SSSR count). The van der Waals surface area contributed by atoms with Crippen LogP contribution in [0.25, 0.3) is 0 Å². The lowest BCUT2D eigenvalue weighted by molar-refractivity contribution is -0.123. The minimum absolute atomic E-state index is 0.202. The van der Waals surface area contributed by atoms with Gasteiger partial charge in [0.05, 0.1) is 26.0 Å². The predicted molar refractivity (Wildman–Crippen MR) is 111 cm³/mol. The highest BCUT2D eigenvalue weighted by molar-refractivity contribution is 6.00. The fourth-order valence-electron chi connectivity index (χ4n) is 3.43. The van der Waals surface area contributed by atoms with Crippen LogP contribution in [0.4, 0.5) is 10.1 Å². The molecule has 1 atom stereocenters. The van der Waals surface area contributed by atoms with Gasteiger partial charge in [0.25, 0.3) is 5.91 Å². The van der Waals surface area contributed by atoms with Crippen LogP contribution in [0.5, 0.6) is 5.75 Å². The topological polar surface area (TPSA) is 71.1 Å². The van der Waals surface area contributed by atoms with Crippen molar-refractivity contribution in [2.45, 2.75) is 6.04 Å². The van der Waals surface area contributed by atoms with E-state index in [0.717, 1.165) is 0 Å². The molecule has 1 aliphatic rings. The molecular weight excluding hydrogens is 389 g/mol. The lowest BCUT2D eigenvalue weighted by atomic mass is 10.0. The number of benzene rings is 2. The highest BCUT2D eigenvalue weighted by Gasteiger charge is 2.31. The van der Waals surface area contributed by atoms with Crippen LogP contribution in [0.15, 0.2) is 42.5 Å². The maximum atomic E-state index is 14.6. The Labute approximate surface area is 175 Å². The number of hydrogen-bond acceptors (Lipinski definition) is 5. The van der Waals surface area contributed by atoms with E-state index in [9.17, 15) is 14.0 Å². The first-order valence-electron chi connectivity index (χ1n) is 9.69. The Morgan fingerprint density at radius 2 is 1.87 bits per heavy atom. The van der Waals surface area contributed by atoms with Gasteiger partial charge in [0, 0.05) is 38.3 Å². The number of anilines is 1. The molecule has 0 aliphatic carbocycles. The van der Waals surface area contributed by atoms with E-state index in [4.69, 9.17) is 9.47 Å². The second kappa shape index (κ2) is 9.69. The van der Waals surface area contributed by atoms with E-state index in [2.05, 4.69) is 5.32 Å². The van der Waals surface area contributed by atoms with E-state index in [-0.39, 0.29) is 11.5 Å². The van der Waals surface area contributed by atoms with Gasteiger partial charge in [-0.1, -0.05) is 18.2 Å². The third-order valence-electron chi connectivity index (χ3n) is 4.97. The van der Waals surface area contributed by atoms with Gasteiger partial charge >= 0.3 is 0 Å².